The predicted molar refractivity (Wildman–Crippen MR) is 104 cm³/mol. The smallest absolute Gasteiger partial charge is 0.191 e. The number of aliphatic imine (C=N–C) groups is 1. The summed E-state index contributed by atoms with van der Waals surface area (Å²) in [5.41, 5.74) is 1.26. The van der Waals surface area contributed by atoms with Gasteiger partial charge in [0.05, 0.1) is 0 Å². The SMILES string of the molecule is CCCN=C(NCC)NCCCN(C)c1ccccc1.I. The fourth-order valence-corrected chi connectivity index (χ4v) is 1.90. The number of hydrogen-bond acceptors (Lipinski definition) is 2. The van der Waals surface area contributed by atoms with Gasteiger partial charge in [0, 0.05) is 38.9 Å². The fraction of sp³-hybridized carbons (Fsp3) is 0.562. The van der Waals surface area contributed by atoms with Gasteiger partial charge in [-0.3, -0.25) is 4.99 Å². The van der Waals surface area contributed by atoms with Crippen molar-refractivity contribution in [1.82, 2.24) is 10.6 Å². The molecular formula is C16H29IN4. The Balaban J connectivity index is 0.00000400. The van der Waals surface area contributed by atoms with Crippen LogP contribution in [0.4, 0.5) is 5.69 Å². The van der Waals surface area contributed by atoms with Crippen molar-refractivity contribution >= 4 is 35.6 Å². The van der Waals surface area contributed by atoms with Crippen LogP contribution in [0.1, 0.15) is 26.7 Å². The Morgan fingerprint density at radius 3 is 2.48 bits per heavy atom. The molecule has 0 unspecified atom stereocenters. The molecule has 4 nitrogen and oxygen atoms in total. The normalized spacial score (nSPS) is 10.7. The first kappa shape index (κ1) is 20.0. The number of rotatable bonds is 8. The second-order valence-corrected chi connectivity index (χ2v) is 4.80. The van der Waals surface area contributed by atoms with E-state index in [1.165, 1.54) is 5.69 Å². The van der Waals surface area contributed by atoms with Crippen LogP contribution < -0.4 is 15.5 Å². The minimum absolute atomic E-state index is 0. The quantitative estimate of drug-likeness (QED) is 0.303. The number of halogens is 1. The van der Waals surface area contributed by atoms with Crippen LogP contribution in [-0.2, 0) is 0 Å². The van der Waals surface area contributed by atoms with E-state index in [-0.39, 0.29) is 24.0 Å². The molecule has 0 fully saturated rings. The lowest BCUT2D eigenvalue weighted by molar-refractivity contribution is 0.729. The van der Waals surface area contributed by atoms with Crippen molar-refractivity contribution in [1.29, 1.82) is 0 Å². The number of nitrogens with one attached hydrogen (secondary N) is 2. The molecule has 1 rings (SSSR count). The lowest BCUT2D eigenvalue weighted by Crippen LogP contribution is -2.38. The molecule has 0 amide bonds. The number of anilines is 1. The summed E-state index contributed by atoms with van der Waals surface area (Å²) in [6.45, 7) is 7.98. The molecule has 0 heterocycles. The maximum Gasteiger partial charge on any atom is 0.191 e. The number of para-hydroxylation sites is 1. The zero-order valence-corrected chi connectivity index (χ0v) is 15.8. The molecule has 0 saturated heterocycles. The first-order valence-corrected chi connectivity index (χ1v) is 7.56. The lowest BCUT2D eigenvalue weighted by Gasteiger charge is -2.19. The summed E-state index contributed by atoms with van der Waals surface area (Å²) < 4.78 is 0. The predicted octanol–water partition coefficient (Wildman–Crippen LogP) is 3.10. The van der Waals surface area contributed by atoms with E-state index in [1.807, 2.05) is 6.07 Å². The third kappa shape index (κ3) is 8.80. The van der Waals surface area contributed by atoms with E-state index in [2.05, 4.69) is 65.7 Å². The molecule has 0 aliphatic carbocycles. The molecule has 21 heavy (non-hydrogen) atoms. The summed E-state index contributed by atoms with van der Waals surface area (Å²) in [6.07, 6.45) is 2.16. The summed E-state index contributed by atoms with van der Waals surface area (Å²) in [6, 6.07) is 10.5. The average molecular weight is 404 g/mol. The summed E-state index contributed by atoms with van der Waals surface area (Å²) in [4.78, 5) is 6.76. The molecule has 0 spiro atoms. The highest BCUT2D eigenvalue weighted by Crippen LogP contribution is 2.10. The molecule has 120 valence electrons. The summed E-state index contributed by atoms with van der Waals surface area (Å²) in [5.74, 6) is 0.928. The third-order valence-corrected chi connectivity index (χ3v) is 3.00. The topological polar surface area (TPSA) is 39.7 Å². The van der Waals surface area contributed by atoms with Crippen LogP contribution in [0.5, 0.6) is 0 Å². The Morgan fingerprint density at radius 2 is 1.86 bits per heavy atom. The van der Waals surface area contributed by atoms with E-state index in [1.54, 1.807) is 0 Å². The van der Waals surface area contributed by atoms with Crippen molar-refractivity contribution in [3.63, 3.8) is 0 Å². The van der Waals surface area contributed by atoms with Gasteiger partial charge >= 0.3 is 0 Å². The van der Waals surface area contributed by atoms with Gasteiger partial charge in [-0.2, -0.15) is 0 Å². The maximum atomic E-state index is 4.49. The van der Waals surface area contributed by atoms with Crippen LogP contribution in [-0.4, -0.2) is 39.2 Å². The Hall–Kier alpha value is -0.980. The van der Waals surface area contributed by atoms with E-state index in [4.69, 9.17) is 0 Å². The van der Waals surface area contributed by atoms with Gasteiger partial charge in [-0.05, 0) is 31.9 Å². The monoisotopic (exact) mass is 404 g/mol. The first-order chi connectivity index (χ1) is 9.77. The van der Waals surface area contributed by atoms with Gasteiger partial charge in [-0.15, -0.1) is 24.0 Å². The Kier molecular flexibility index (Phi) is 12.1. The number of guanidine groups is 1. The number of hydrogen-bond donors (Lipinski definition) is 2. The van der Waals surface area contributed by atoms with Gasteiger partial charge < -0.3 is 15.5 Å². The van der Waals surface area contributed by atoms with Crippen LogP contribution in [0.3, 0.4) is 0 Å². The van der Waals surface area contributed by atoms with Crippen molar-refractivity contribution in [2.75, 3.05) is 38.1 Å². The largest absolute Gasteiger partial charge is 0.375 e. The van der Waals surface area contributed by atoms with Gasteiger partial charge in [-0.1, -0.05) is 25.1 Å². The second-order valence-electron chi connectivity index (χ2n) is 4.80. The first-order valence-electron chi connectivity index (χ1n) is 7.56. The zero-order valence-electron chi connectivity index (χ0n) is 13.4. The number of benzene rings is 1. The van der Waals surface area contributed by atoms with Gasteiger partial charge in [-0.25, -0.2) is 0 Å². The Bertz CT molecular complexity index is 381. The van der Waals surface area contributed by atoms with Crippen molar-refractivity contribution < 1.29 is 0 Å². The minimum atomic E-state index is 0. The Morgan fingerprint density at radius 1 is 1.14 bits per heavy atom. The molecule has 1 aromatic rings. The van der Waals surface area contributed by atoms with Crippen molar-refractivity contribution in [2.24, 2.45) is 4.99 Å². The van der Waals surface area contributed by atoms with Crippen LogP contribution in [0, 0.1) is 0 Å². The van der Waals surface area contributed by atoms with Crippen LogP contribution in [0.15, 0.2) is 35.3 Å². The molecule has 0 atom stereocenters. The van der Waals surface area contributed by atoms with E-state index in [0.29, 0.717) is 0 Å². The van der Waals surface area contributed by atoms with Gasteiger partial charge in [0.25, 0.3) is 0 Å². The molecule has 0 radical (unpaired) electrons. The van der Waals surface area contributed by atoms with Gasteiger partial charge in [0.2, 0.25) is 0 Å². The molecule has 0 aliphatic rings. The molecule has 1 aromatic carbocycles. The summed E-state index contributed by atoms with van der Waals surface area (Å²) >= 11 is 0. The highest BCUT2D eigenvalue weighted by Gasteiger charge is 2.00. The lowest BCUT2D eigenvalue weighted by atomic mass is 10.3. The number of nitrogens with zero attached hydrogens (tertiary/aromatic N) is 2. The molecule has 5 heteroatoms. The fourth-order valence-electron chi connectivity index (χ4n) is 1.90. The molecule has 2 N–H and O–H groups in total. The average Bonchev–Trinajstić information content (AvgIpc) is 2.49. The third-order valence-electron chi connectivity index (χ3n) is 3.00. The molecular weight excluding hydrogens is 375 g/mol. The van der Waals surface area contributed by atoms with Crippen LogP contribution >= 0.6 is 24.0 Å². The standard InChI is InChI=1S/C16H28N4.HI/c1-4-12-18-16(17-5-2)19-13-9-14-20(3)15-10-7-6-8-11-15;/h6-8,10-11H,4-5,9,12-14H2,1-3H3,(H2,17,18,19);1H. The van der Waals surface area contributed by atoms with Crippen LogP contribution in [0.2, 0.25) is 0 Å². The maximum absolute atomic E-state index is 4.49. The van der Waals surface area contributed by atoms with Crippen LogP contribution in [0.25, 0.3) is 0 Å². The highest BCUT2D eigenvalue weighted by atomic mass is 127. The highest BCUT2D eigenvalue weighted by molar-refractivity contribution is 14.0. The van der Waals surface area contributed by atoms with Gasteiger partial charge in [0.15, 0.2) is 5.96 Å². The molecule has 0 saturated carbocycles. The Labute approximate surface area is 146 Å². The van der Waals surface area contributed by atoms with Gasteiger partial charge in [0.1, 0.15) is 0 Å². The van der Waals surface area contributed by atoms with E-state index in [0.717, 1.165) is 45.0 Å². The minimum Gasteiger partial charge on any atom is -0.375 e. The van der Waals surface area contributed by atoms with Crippen molar-refractivity contribution in [3.05, 3.63) is 30.3 Å². The second kappa shape index (κ2) is 12.7. The van der Waals surface area contributed by atoms with E-state index < -0.39 is 0 Å². The van der Waals surface area contributed by atoms with E-state index in [9.17, 15) is 0 Å². The molecule has 0 aliphatic heterocycles. The van der Waals surface area contributed by atoms with Crippen molar-refractivity contribution in [3.8, 4) is 0 Å². The summed E-state index contributed by atoms with van der Waals surface area (Å²) in [7, 11) is 2.13. The zero-order chi connectivity index (χ0) is 14.6. The molecule has 0 bridgehead atoms. The molecule has 0 aromatic heterocycles. The van der Waals surface area contributed by atoms with E-state index >= 15 is 0 Å². The van der Waals surface area contributed by atoms with Crippen molar-refractivity contribution in [2.45, 2.75) is 26.7 Å². The summed E-state index contributed by atoms with van der Waals surface area (Å²) in [5, 5.41) is 6.64.